The molecule has 0 amide bonds. The van der Waals surface area contributed by atoms with Gasteiger partial charge in [0, 0.05) is 10.0 Å². The fourth-order valence-electron chi connectivity index (χ4n) is 4.22. The Bertz CT molecular complexity index is 1510. The van der Waals surface area contributed by atoms with E-state index in [9.17, 15) is 9.59 Å². The lowest BCUT2D eigenvalue weighted by Gasteiger charge is -2.27. The second kappa shape index (κ2) is 11.3. The Morgan fingerprint density at radius 1 is 1.17 bits per heavy atom. The van der Waals surface area contributed by atoms with Crippen LogP contribution in [0.4, 0.5) is 0 Å². The number of halogens is 1. The second-order valence-corrected chi connectivity index (χ2v) is 10.0. The van der Waals surface area contributed by atoms with Crippen LogP contribution in [0, 0.1) is 0 Å². The molecule has 1 atom stereocenters. The van der Waals surface area contributed by atoms with Crippen molar-refractivity contribution >= 4 is 39.3 Å². The summed E-state index contributed by atoms with van der Waals surface area (Å²) in [5.74, 6) is 0.770. The zero-order valence-electron chi connectivity index (χ0n) is 20.5. The summed E-state index contributed by atoms with van der Waals surface area (Å²) in [5, 5.41) is 0. The predicted octanol–water partition coefficient (Wildman–Crippen LogP) is 4.36. The molecule has 0 fully saturated rings. The van der Waals surface area contributed by atoms with E-state index in [1.807, 2.05) is 55.5 Å². The van der Waals surface area contributed by atoms with E-state index < -0.39 is 12.0 Å². The van der Waals surface area contributed by atoms with Gasteiger partial charge in [0.15, 0.2) is 4.80 Å². The van der Waals surface area contributed by atoms with Crippen LogP contribution in [0.5, 0.6) is 11.5 Å². The zero-order chi connectivity index (χ0) is 25.8. The number of hydrogen-bond acceptors (Lipinski definition) is 7. The van der Waals surface area contributed by atoms with Crippen molar-refractivity contribution in [1.29, 1.82) is 0 Å². The van der Waals surface area contributed by atoms with Gasteiger partial charge in [0.05, 0.1) is 36.6 Å². The number of carbonyl (C=O) groups excluding carboxylic acids is 1. The number of rotatable bonds is 8. The molecule has 2 heterocycles. The third-order valence-electron chi connectivity index (χ3n) is 5.77. The highest BCUT2D eigenvalue weighted by Crippen LogP contribution is 2.38. The van der Waals surface area contributed by atoms with Crippen LogP contribution in [-0.4, -0.2) is 31.4 Å². The zero-order valence-corrected chi connectivity index (χ0v) is 22.9. The van der Waals surface area contributed by atoms with Crippen LogP contribution >= 0.6 is 27.3 Å². The smallest absolute Gasteiger partial charge is 0.338 e. The topological polar surface area (TPSA) is 79.1 Å². The minimum atomic E-state index is -0.748. The van der Waals surface area contributed by atoms with Gasteiger partial charge in [-0.2, -0.15) is 0 Å². The Hall–Kier alpha value is -3.17. The van der Waals surface area contributed by atoms with Crippen molar-refractivity contribution in [1.82, 2.24) is 4.57 Å². The fraction of sp³-hybridized carbons (Fsp3) is 0.296. The summed E-state index contributed by atoms with van der Waals surface area (Å²) in [6, 6.07) is 12.3. The van der Waals surface area contributed by atoms with E-state index in [1.54, 1.807) is 25.7 Å². The molecule has 36 heavy (non-hydrogen) atoms. The first-order valence-corrected chi connectivity index (χ1v) is 13.2. The highest BCUT2D eigenvalue weighted by Gasteiger charge is 2.36. The van der Waals surface area contributed by atoms with Crippen molar-refractivity contribution in [2.75, 3.05) is 20.8 Å². The molecule has 0 radical (unpaired) electrons. The average molecular weight is 571 g/mol. The lowest BCUT2D eigenvalue weighted by atomic mass is 9.93. The molecule has 2 aromatic carbocycles. The molecule has 1 aromatic heterocycles. The van der Waals surface area contributed by atoms with Crippen molar-refractivity contribution in [2.45, 2.75) is 32.7 Å². The van der Waals surface area contributed by atoms with Gasteiger partial charge in [-0.05, 0) is 55.3 Å². The molecule has 3 aromatic rings. The van der Waals surface area contributed by atoms with Gasteiger partial charge < -0.3 is 14.2 Å². The van der Waals surface area contributed by atoms with Gasteiger partial charge in [0.2, 0.25) is 0 Å². The Balaban J connectivity index is 2.04. The maximum atomic E-state index is 13.9. The van der Waals surface area contributed by atoms with E-state index in [1.165, 1.54) is 11.3 Å². The lowest BCUT2D eigenvalue weighted by Crippen LogP contribution is -2.40. The summed E-state index contributed by atoms with van der Waals surface area (Å²) in [6.45, 7) is 4.00. The Morgan fingerprint density at radius 2 is 1.97 bits per heavy atom. The van der Waals surface area contributed by atoms with Gasteiger partial charge >= 0.3 is 5.97 Å². The van der Waals surface area contributed by atoms with Crippen molar-refractivity contribution in [3.05, 3.63) is 89.0 Å². The number of carbonyl (C=O) groups is 1. The molecule has 0 aliphatic carbocycles. The van der Waals surface area contributed by atoms with E-state index in [2.05, 4.69) is 15.9 Å². The molecule has 188 valence electrons. The first-order valence-electron chi connectivity index (χ1n) is 11.6. The summed E-state index contributed by atoms with van der Waals surface area (Å²) >= 11 is 4.82. The van der Waals surface area contributed by atoms with Crippen molar-refractivity contribution in [2.24, 2.45) is 4.99 Å². The standard InChI is InChI=1S/C27H27BrN2O5S/c1-5-8-20-23(26(32)35-6-2)24(19-15-17(28)11-12-21(19)34-4)30-25(31)22(36-27(30)29-20)14-16-9-7-10-18(13-16)33-3/h7,9-15,24H,5-6,8H2,1-4H3/b22-14+/t24-/m0/s1. The van der Waals surface area contributed by atoms with Crippen LogP contribution in [0.25, 0.3) is 6.08 Å². The van der Waals surface area contributed by atoms with E-state index in [0.29, 0.717) is 44.1 Å². The van der Waals surface area contributed by atoms with E-state index in [-0.39, 0.29) is 12.2 Å². The number of methoxy groups -OCH3 is 2. The maximum Gasteiger partial charge on any atom is 0.338 e. The average Bonchev–Trinajstić information content (AvgIpc) is 3.18. The Labute approximate surface area is 221 Å². The highest BCUT2D eigenvalue weighted by atomic mass is 79.9. The predicted molar refractivity (Wildman–Crippen MR) is 143 cm³/mol. The van der Waals surface area contributed by atoms with Gasteiger partial charge in [-0.3, -0.25) is 9.36 Å². The summed E-state index contributed by atoms with van der Waals surface area (Å²) < 4.78 is 19.3. The van der Waals surface area contributed by atoms with Gasteiger partial charge in [-0.25, -0.2) is 9.79 Å². The maximum absolute atomic E-state index is 13.9. The Kier molecular flexibility index (Phi) is 8.11. The lowest BCUT2D eigenvalue weighted by molar-refractivity contribution is -0.139. The molecular formula is C27H27BrN2O5S. The third-order valence-corrected chi connectivity index (χ3v) is 7.25. The van der Waals surface area contributed by atoms with Gasteiger partial charge in [0.1, 0.15) is 17.5 Å². The van der Waals surface area contributed by atoms with E-state index in [0.717, 1.165) is 16.5 Å². The van der Waals surface area contributed by atoms with Gasteiger partial charge in [-0.15, -0.1) is 0 Å². The quantitative estimate of drug-likeness (QED) is 0.376. The number of hydrogen-bond donors (Lipinski definition) is 0. The molecule has 0 bridgehead atoms. The number of benzene rings is 2. The second-order valence-electron chi connectivity index (χ2n) is 8.08. The van der Waals surface area contributed by atoms with Crippen LogP contribution < -0.4 is 24.4 Å². The molecule has 9 heteroatoms. The van der Waals surface area contributed by atoms with Crippen LogP contribution in [0.3, 0.4) is 0 Å². The van der Waals surface area contributed by atoms with Crippen LogP contribution in [0.15, 0.2) is 68.0 Å². The van der Waals surface area contributed by atoms with E-state index in [4.69, 9.17) is 19.2 Å². The monoisotopic (exact) mass is 570 g/mol. The van der Waals surface area contributed by atoms with Crippen molar-refractivity contribution in [3.63, 3.8) is 0 Å². The van der Waals surface area contributed by atoms with E-state index >= 15 is 0 Å². The molecule has 4 rings (SSSR count). The molecule has 0 saturated carbocycles. The van der Waals surface area contributed by atoms with Gasteiger partial charge in [0.25, 0.3) is 5.56 Å². The molecule has 1 aliphatic heterocycles. The molecular weight excluding hydrogens is 544 g/mol. The van der Waals surface area contributed by atoms with Crippen LogP contribution in [0.2, 0.25) is 0 Å². The Morgan fingerprint density at radius 3 is 2.67 bits per heavy atom. The number of thiazole rings is 1. The molecule has 7 nitrogen and oxygen atoms in total. The van der Waals surface area contributed by atoms with Crippen LogP contribution in [0.1, 0.15) is 43.9 Å². The van der Waals surface area contributed by atoms with Crippen molar-refractivity contribution in [3.8, 4) is 11.5 Å². The molecule has 0 unspecified atom stereocenters. The summed E-state index contributed by atoms with van der Waals surface area (Å²) in [7, 11) is 3.17. The largest absolute Gasteiger partial charge is 0.497 e. The normalized spacial score (nSPS) is 15.4. The first-order chi connectivity index (χ1) is 17.4. The number of nitrogens with zero attached hydrogens (tertiary/aromatic N) is 2. The molecule has 0 spiro atoms. The minimum absolute atomic E-state index is 0.213. The summed E-state index contributed by atoms with van der Waals surface area (Å²) in [4.78, 5) is 32.5. The van der Waals surface area contributed by atoms with Crippen LogP contribution in [-0.2, 0) is 9.53 Å². The first kappa shape index (κ1) is 25.9. The SMILES string of the molecule is CCCC1=C(C(=O)OCC)[C@H](c2cc(Br)ccc2OC)n2c(s/c(=C/c3cccc(OC)c3)c2=O)=N1. The molecule has 0 saturated heterocycles. The highest BCUT2D eigenvalue weighted by molar-refractivity contribution is 9.10. The molecule has 0 N–H and O–H groups in total. The summed E-state index contributed by atoms with van der Waals surface area (Å²) in [6.07, 6.45) is 3.17. The number of fused-ring (bicyclic) bond motifs is 1. The third kappa shape index (κ3) is 5.03. The van der Waals surface area contributed by atoms with Crippen molar-refractivity contribution < 1.29 is 19.0 Å². The number of aromatic nitrogens is 1. The number of ether oxygens (including phenoxy) is 3. The fourth-order valence-corrected chi connectivity index (χ4v) is 5.62. The molecule has 1 aliphatic rings. The minimum Gasteiger partial charge on any atom is -0.497 e. The van der Waals surface area contributed by atoms with Gasteiger partial charge in [-0.1, -0.05) is 52.7 Å². The number of esters is 1. The summed E-state index contributed by atoms with van der Waals surface area (Å²) in [5.41, 5.74) is 2.24. The number of allylic oxidation sites excluding steroid dienone is 1.